The molecule has 1 N–H and O–H groups in total. The van der Waals surface area contributed by atoms with Gasteiger partial charge in [0.15, 0.2) is 17.3 Å². The number of hydrogen-bond donors (Lipinski definition) is 1. The molecular formula is C18H18O5. The molecule has 0 radical (unpaired) electrons. The molecule has 0 fully saturated rings. The van der Waals surface area contributed by atoms with Gasteiger partial charge in [0.05, 0.1) is 26.9 Å². The van der Waals surface area contributed by atoms with Crippen molar-refractivity contribution in [2.24, 2.45) is 0 Å². The lowest BCUT2D eigenvalue weighted by Crippen LogP contribution is -1.99. The highest BCUT2D eigenvalue weighted by Gasteiger charge is 2.11. The number of aromatic hydroxyl groups is 1. The number of phenolic OH excluding ortho intramolecular Hbond substituents is 1. The second-order valence-corrected chi connectivity index (χ2v) is 4.70. The summed E-state index contributed by atoms with van der Waals surface area (Å²) in [4.78, 5) is 12.3. The molecule has 0 aliphatic rings. The Bertz CT molecular complexity index is 734. The van der Waals surface area contributed by atoms with E-state index in [9.17, 15) is 9.90 Å². The van der Waals surface area contributed by atoms with Gasteiger partial charge >= 0.3 is 0 Å². The fraction of sp³-hybridized carbons (Fsp3) is 0.167. The van der Waals surface area contributed by atoms with Gasteiger partial charge in [-0.1, -0.05) is 12.1 Å². The molecule has 0 spiro atoms. The summed E-state index contributed by atoms with van der Waals surface area (Å²) in [6.07, 6.45) is 3.04. The fourth-order valence-electron chi connectivity index (χ4n) is 2.07. The molecule has 0 aliphatic carbocycles. The Hall–Kier alpha value is -2.95. The average Bonchev–Trinajstić information content (AvgIpc) is 2.59. The van der Waals surface area contributed by atoms with Gasteiger partial charge in [0.25, 0.3) is 0 Å². The van der Waals surface area contributed by atoms with Crippen LogP contribution in [0.25, 0.3) is 6.08 Å². The molecule has 0 saturated carbocycles. The van der Waals surface area contributed by atoms with E-state index in [1.54, 1.807) is 43.5 Å². The van der Waals surface area contributed by atoms with E-state index < -0.39 is 0 Å². The zero-order valence-corrected chi connectivity index (χ0v) is 13.2. The molecular weight excluding hydrogens is 296 g/mol. The van der Waals surface area contributed by atoms with E-state index in [1.807, 2.05) is 0 Å². The minimum absolute atomic E-state index is 0.0177. The van der Waals surface area contributed by atoms with Crippen LogP contribution in [0, 0.1) is 0 Å². The molecule has 2 aromatic carbocycles. The molecule has 5 heteroatoms. The van der Waals surface area contributed by atoms with E-state index >= 15 is 0 Å². The molecule has 2 rings (SSSR count). The van der Waals surface area contributed by atoms with E-state index in [2.05, 4.69) is 0 Å². The number of carbonyl (C=O) groups is 1. The monoisotopic (exact) mass is 314 g/mol. The smallest absolute Gasteiger partial charge is 0.189 e. The van der Waals surface area contributed by atoms with Crippen LogP contribution in [0.1, 0.15) is 15.9 Å². The van der Waals surface area contributed by atoms with Crippen LogP contribution < -0.4 is 14.2 Å². The van der Waals surface area contributed by atoms with Crippen LogP contribution >= 0.6 is 0 Å². The summed E-state index contributed by atoms with van der Waals surface area (Å²) < 4.78 is 15.3. The van der Waals surface area contributed by atoms with Gasteiger partial charge in [0, 0.05) is 6.07 Å². The summed E-state index contributed by atoms with van der Waals surface area (Å²) in [6.45, 7) is 0. The number of hydrogen-bond acceptors (Lipinski definition) is 5. The standard InChI is InChI=1S/C18H18O5/c1-21-13-6-7-14(18(11-13)23-3)15(19)8-4-12-5-9-17(22-2)16(20)10-12/h4-11,20H,1-3H3. The van der Waals surface area contributed by atoms with Crippen LogP contribution in [0.2, 0.25) is 0 Å². The van der Waals surface area contributed by atoms with Crippen LogP contribution in [0.3, 0.4) is 0 Å². The number of ether oxygens (including phenoxy) is 3. The lowest BCUT2D eigenvalue weighted by Gasteiger charge is -2.08. The predicted octanol–water partition coefficient (Wildman–Crippen LogP) is 3.31. The molecule has 0 unspecified atom stereocenters. The Kier molecular flexibility index (Phi) is 5.25. The largest absolute Gasteiger partial charge is 0.504 e. The van der Waals surface area contributed by atoms with Crippen molar-refractivity contribution in [3.05, 3.63) is 53.6 Å². The molecule has 0 heterocycles. The highest BCUT2D eigenvalue weighted by Crippen LogP contribution is 2.28. The zero-order chi connectivity index (χ0) is 16.8. The number of benzene rings is 2. The normalized spacial score (nSPS) is 10.6. The second kappa shape index (κ2) is 7.35. The van der Waals surface area contributed by atoms with Crippen molar-refractivity contribution in [1.82, 2.24) is 0 Å². The SMILES string of the molecule is COc1ccc(C(=O)C=Cc2ccc(OC)c(O)c2)c(OC)c1. The molecule has 2 aromatic rings. The van der Waals surface area contributed by atoms with Gasteiger partial charge in [-0.2, -0.15) is 0 Å². The molecule has 0 saturated heterocycles. The Morgan fingerprint density at radius 1 is 0.957 bits per heavy atom. The Balaban J connectivity index is 2.23. The topological polar surface area (TPSA) is 65.0 Å². The van der Waals surface area contributed by atoms with Crippen molar-refractivity contribution in [2.45, 2.75) is 0 Å². The zero-order valence-electron chi connectivity index (χ0n) is 13.2. The Morgan fingerprint density at radius 3 is 2.30 bits per heavy atom. The Morgan fingerprint density at radius 2 is 1.70 bits per heavy atom. The third-order valence-corrected chi connectivity index (χ3v) is 3.30. The number of phenols is 1. The maximum Gasteiger partial charge on any atom is 0.189 e. The Labute approximate surface area is 134 Å². The number of carbonyl (C=O) groups excluding carboxylic acids is 1. The van der Waals surface area contributed by atoms with E-state index in [-0.39, 0.29) is 11.5 Å². The third kappa shape index (κ3) is 3.83. The first-order valence-electron chi connectivity index (χ1n) is 6.90. The lowest BCUT2D eigenvalue weighted by molar-refractivity contribution is 0.104. The van der Waals surface area contributed by atoms with Crippen molar-refractivity contribution >= 4 is 11.9 Å². The van der Waals surface area contributed by atoms with Gasteiger partial charge in [-0.3, -0.25) is 4.79 Å². The molecule has 0 aliphatic heterocycles. The molecule has 5 nitrogen and oxygen atoms in total. The highest BCUT2D eigenvalue weighted by atomic mass is 16.5. The van der Waals surface area contributed by atoms with Crippen LogP contribution in [0.5, 0.6) is 23.0 Å². The minimum atomic E-state index is -0.209. The highest BCUT2D eigenvalue weighted by molar-refractivity contribution is 6.08. The van der Waals surface area contributed by atoms with E-state index in [0.29, 0.717) is 28.4 Å². The summed E-state index contributed by atoms with van der Waals surface area (Å²) in [5, 5.41) is 9.74. The van der Waals surface area contributed by atoms with Crippen molar-refractivity contribution in [3.63, 3.8) is 0 Å². The average molecular weight is 314 g/mol. The first-order chi connectivity index (χ1) is 11.1. The van der Waals surface area contributed by atoms with Crippen LogP contribution in [0.4, 0.5) is 0 Å². The summed E-state index contributed by atoms with van der Waals surface area (Å²) >= 11 is 0. The van der Waals surface area contributed by atoms with Crippen molar-refractivity contribution in [3.8, 4) is 23.0 Å². The van der Waals surface area contributed by atoms with E-state index in [0.717, 1.165) is 0 Å². The van der Waals surface area contributed by atoms with Crippen LogP contribution in [-0.2, 0) is 0 Å². The number of ketones is 1. The quantitative estimate of drug-likeness (QED) is 0.654. The lowest BCUT2D eigenvalue weighted by atomic mass is 10.1. The third-order valence-electron chi connectivity index (χ3n) is 3.30. The summed E-state index contributed by atoms with van der Waals surface area (Å²) in [6, 6.07) is 9.90. The molecule has 0 amide bonds. The molecule has 0 bridgehead atoms. The molecule has 0 atom stereocenters. The van der Waals surface area contributed by atoms with Crippen molar-refractivity contribution in [1.29, 1.82) is 0 Å². The first-order valence-corrected chi connectivity index (χ1v) is 6.90. The maximum absolute atomic E-state index is 12.3. The first kappa shape index (κ1) is 16.4. The van der Waals surface area contributed by atoms with Gasteiger partial charge in [-0.25, -0.2) is 0 Å². The van der Waals surface area contributed by atoms with Gasteiger partial charge in [-0.15, -0.1) is 0 Å². The molecule has 120 valence electrons. The van der Waals surface area contributed by atoms with Gasteiger partial charge in [0.2, 0.25) is 0 Å². The van der Waals surface area contributed by atoms with E-state index in [4.69, 9.17) is 14.2 Å². The number of allylic oxidation sites excluding steroid dienone is 1. The summed E-state index contributed by atoms with van der Waals surface area (Å²) in [5.41, 5.74) is 1.12. The van der Waals surface area contributed by atoms with Crippen LogP contribution in [0.15, 0.2) is 42.5 Å². The van der Waals surface area contributed by atoms with Gasteiger partial charge in [-0.05, 0) is 35.9 Å². The molecule has 23 heavy (non-hydrogen) atoms. The van der Waals surface area contributed by atoms with Crippen molar-refractivity contribution in [2.75, 3.05) is 21.3 Å². The number of rotatable bonds is 6. The predicted molar refractivity (Wildman–Crippen MR) is 87.6 cm³/mol. The van der Waals surface area contributed by atoms with Crippen molar-refractivity contribution < 1.29 is 24.1 Å². The molecule has 0 aromatic heterocycles. The second-order valence-electron chi connectivity index (χ2n) is 4.70. The summed E-state index contributed by atoms with van der Waals surface area (Å²) in [5.74, 6) is 1.24. The summed E-state index contributed by atoms with van der Waals surface area (Å²) in [7, 11) is 4.52. The van der Waals surface area contributed by atoms with Gasteiger partial charge < -0.3 is 19.3 Å². The number of methoxy groups -OCH3 is 3. The van der Waals surface area contributed by atoms with E-state index in [1.165, 1.54) is 26.4 Å². The minimum Gasteiger partial charge on any atom is -0.504 e. The maximum atomic E-state index is 12.3. The van der Waals surface area contributed by atoms with Crippen LogP contribution in [-0.4, -0.2) is 32.2 Å². The van der Waals surface area contributed by atoms with Gasteiger partial charge in [0.1, 0.15) is 11.5 Å². The fourth-order valence-corrected chi connectivity index (χ4v) is 2.07.